The summed E-state index contributed by atoms with van der Waals surface area (Å²) in [5.41, 5.74) is 7.21. The van der Waals surface area contributed by atoms with E-state index in [1.54, 1.807) is 11.8 Å². The van der Waals surface area contributed by atoms with Crippen molar-refractivity contribution in [2.45, 2.75) is 544 Å². The van der Waals surface area contributed by atoms with Crippen molar-refractivity contribution in [3.63, 3.8) is 0 Å². The van der Waals surface area contributed by atoms with Crippen LogP contribution in [0, 0.1) is 106 Å². The van der Waals surface area contributed by atoms with Crippen LogP contribution >= 0.6 is 0 Å². The lowest BCUT2D eigenvalue weighted by molar-refractivity contribution is -0.135. The summed E-state index contributed by atoms with van der Waals surface area (Å²) in [5, 5.41) is 29.7. The van der Waals surface area contributed by atoms with Crippen LogP contribution in [0.15, 0.2) is 6.07 Å². The molecular weight excluding hydrogens is 1670 g/mol. The van der Waals surface area contributed by atoms with Gasteiger partial charge in [0, 0.05) is 125 Å². The van der Waals surface area contributed by atoms with Crippen LogP contribution in [0.1, 0.15) is 490 Å². The Morgan fingerprint density at radius 1 is 0.474 bits per heavy atom. The van der Waals surface area contributed by atoms with E-state index in [-0.39, 0.29) is 38.1 Å². The normalized spacial score (nSPS) is 18.1. The number of carbonyl (C=O) groups is 2. The summed E-state index contributed by atoms with van der Waals surface area (Å²) < 4.78 is 10.4. The number of aryl methyl sites for hydroxylation is 1. The average Bonchev–Trinajstić information content (AvgIpc) is 1.71. The highest BCUT2D eigenvalue weighted by molar-refractivity contribution is 5.74. The predicted octanol–water partition coefficient (Wildman–Crippen LogP) is 30.7. The summed E-state index contributed by atoms with van der Waals surface area (Å²) in [4.78, 5) is 36.4. The number of carbonyl (C=O) groups excluding carboxylic acids is 2. The second kappa shape index (κ2) is 78.5. The number of likely N-dealkylation sites (tertiary alicyclic amines) is 3. The lowest BCUT2D eigenvalue weighted by atomic mass is 9.66. The third-order valence-electron chi connectivity index (χ3n) is 25.4. The molecule has 17 heteroatoms. The number of hydrogen-bond acceptors (Lipinski definition) is 15. The standard InChI is InChI=1S/C12H23NO2.C9H17NO.C9H19N.C9H18.C8H14N4.2C8H17NO.C8H17N.C8H19N.2C8H16.C8H18.C7H16.C6H13N.2CH4/c1-9(2)6-10-7-13(8-10)11(14)15-12(3,4)5;1-7(2)4-9-5-10(6-9)8(3)11;1-8(2)10-7-9-5-3-4-6-9;1-8(2)7-9(3)5-4-6-9;1-5(2)10-7-4-6(3)11-8(9)12-7;1-7(2)9-4-8(3)5-10-6-8;1-7(2)9-6-8(10)4-3-5-8;1-7(2)4-8-5-9(3)6-8;1-7(2)9-6-8(3,4)5;2*1-7(2)6-8-4-3-5-8;1-4-5-6-7-8(2)3;1-4-5-6-7(2)3;1-5(2)7-6-3-4-6;;/h9-10H,6-8H2,1-5H3;7,9H,4-6H2,1-3H3;8-10H,3-7H2,1-2H3;8H,4-7H2,1-3H3;4-5H,1-3H3,(H3,9,10,11,12);7,9H,4-6H2,1-3H3;7,9-10H,3-6H2,1-2H3;7-8H,4-6H2,1-3H3;7,9H,6H2,1-5H3;2*7-8H,3-6H2,1-2H3;8H,4-7H2,1-3H3;7H,4-6H2,1-3H3;5-7H,3-4H2,1-2H3;2*1H4. The number of nitrogen functional groups attached to an aromatic ring is 1. The minimum atomic E-state index is -0.375. The van der Waals surface area contributed by atoms with Crippen molar-refractivity contribution in [3.8, 4) is 0 Å². The first-order chi connectivity index (χ1) is 61.6. The van der Waals surface area contributed by atoms with Gasteiger partial charge < -0.3 is 66.9 Å². The molecule has 0 spiro atoms. The average molecular weight is 1920 g/mol. The van der Waals surface area contributed by atoms with Gasteiger partial charge in [-0.05, 0) is 245 Å². The molecule has 11 rings (SSSR count). The zero-order valence-electron chi connectivity index (χ0n) is 97.0. The number of anilines is 2. The predicted molar refractivity (Wildman–Crippen MR) is 601 cm³/mol. The summed E-state index contributed by atoms with van der Waals surface area (Å²) in [6, 6.07) is 6.16. The van der Waals surface area contributed by atoms with Crippen molar-refractivity contribution in [3.05, 3.63) is 11.8 Å². The van der Waals surface area contributed by atoms with Crippen LogP contribution in [0.5, 0.6) is 0 Å². The van der Waals surface area contributed by atoms with Crippen LogP contribution in [-0.2, 0) is 14.3 Å². The second-order valence-electron chi connectivity index (χ2n) is 51.0. The molecule has 10 aliphatic rings. The Kier molecular flexibility index (Phi) is 81.8. The lowest BCUT2D eigenvalue weighted by Gasteiger charge is -2.40. The summed E-state index contributed by atoms with van der Waals surface area (Å²) >= 11 is 0. The smallest absolute Gasteiger partial charge is 0.410 e. The van der Waals surface area contributed by atoms with Crippen molar-refractivity contribution in [1.29, 1.82) is 0 Å². The molecule has 9 N–H and O–H groups in total. The largest absolute Gasteiger partial charge is 0.444 e. The van der Waals surface area contributed by atoms with Crippen LogP contribution < -0.4 is 37.6 Å². The van der Waals surface area contributed by atoms with Crippen molar-refractivity contribution < 1.29 is 24.2 Å². The molecule has 0 radical (unpaired) electrons. The number of unbranched alkanes of at least 4 members (excludes halogenated alkanes) is 3. The number of nitrogens with zero attached hydrogens (tertiary/aromatic N) is 5. The summed E-state index contributed by atoms with van der Waals surface area (Å²) in [6.45, 7) is 99.9. The van der Waals surface area contributed by atoms with E-state index in [0.717, 1.165) is 172 Å². The Morgan fingerprint density at radius 2 is 0.874 bits per heavy atom. The third-order valence-corrected chi connectivity index (χ3v) is 25.4. The molecule has 10 fully saturated rings. The van der Waals surface area contributed by atoms with Gasteiger partial charge in [-0.25, -0.2) is 9.78 Å². The lowest BCUT2D eigenvalue weighted by Crippen LogP contribution is -2.51. The Balaban J connectivity index is -0.000000451. The molecule has 4 aliphatic heterocycles. The maximum absolute atomic E-state index is 11.6. The number of ether oxygens (including phenoxy) is 2. The number of aliphatic hydroxyl groups is 1. The van der Waals surface area contributed by atoms with E-state index in [4.69, 9.17) is 15.2 Å². The fourth-order valence-corrected chi connectivity index (χ4v) is 17.3. The number of hydrogen-bond donors (Lipinski definition) is 8. The Morgan fingerprint density at radius 3 is 1.13 bits per heavy atom. The van der Waals surface area contributed by atoms with E-state index < -0.39 is 0 Å². The first-order valence-electron chi connectivity index (χ1n) is 55.9. The van der Waals surface area contributed by atoms with Gasteiger partial charge in [-0.3, -0.25) is 4.79 Å². The maximum atomic E-state index is 11.6. The van der Waals surface area contributed by atoms with Gasteiger partial charge in [0.25, 0.3) is 0 Å². The molecule has 6 saturated carbocycles. The van der Waals surface area contributed by atoms with E-state index in [9.17, 15) is 14.7 Å². The van der Waals surface area contributed by atoms with E-state index in [0.29, 0.717) is 58.9 Å². The molecule has 4 saturated heterocycles. The SMILES string of the molecule is C.C.CC(=O)N1CC(CC(C)C)C1.CC(C)CC1(C)CCC1.CC(C)CC1CCC1.CC(C)CC1CCC1.CC(C)CC1CN(C(=O)OC(C)(C)C)C1.CC(C)CC1CN(C)C1.CC(C)NC1CC1.CC(C)NCC(C)(C)C.CC(C)NCC1(C)COC1.CC(C)NCC1(O)CCC1.CC(C)NCC1CCCC1.CCCCC(C)C.CCCCCC(C)C.Cc1cc(NC(C)C)nc(N)n1. The quantitative estimate of drug-likeness (QED) is 0.0302. The molecule has 135 heavy (non-hydrogen) atoms. The molecule has 6 aliphatic carbocycles. The van der Waals surface area contributed by atoms with Crippen molar-refractivity contribution in [2.24, 2.45) is 99.1 Å². The molecule has 1 aromatic heterocycles. The molecule has 0 unspecified atom stereocenters. The highest BCUT2D eigenvalue weighted by Gasteiger charge is 2.37. The Hall–Kier alpha value is -2.90. The number of aromatic nitrogens is 2. The van der Waals surface area contributed by atoms with Crippen molar-refractivity contribution >= 4 is 23.8 Å². The van der Waals surface area contributed by atoms with Gasteiger partial charge in [-0.1, -0.05) is 346 Å². The summed E-state index contributed by atoms with van der Waals surface area (Å²) in [5.74, 6) is 13.9. The first-order valence-corrected chi connectivity index (χ1v) is 55.9. The van der Waals surface area contributed by atoms with Crippen LogP contribution in [0.2, 0.25) is 0 Å². The van der Waals surface area contributed by atoms with Crippen molar-refractivity contribution in [1.82, 2.24) is 51.3 Å². The molecule has 0 aromatic carbocycles. The van der Waals surface area contributed by atoms with Crippen molar-refractivity contribution in [2.75, 3.05) is 96.8 Å². The zero-order valence-corrected chi connectivity index (χ0v) is 97.0. The third kappa shape index (κ3) is 88.5. The fourth-order valence-electron chi connectivity index (χ4n) is 17.3. The molecule has 2 amide bonds. The molecule has 5 heterocycles. The number of nitrogens with two attached hydrogens (primary N) is 1. The fraction of sp³-hybridized carbons (Fsp3) is 0.949. The zero-order chi connectivity index (χ0) is 102. The Labute approximate surface area is 846 Å². The van der Waals surface area contributed by atoms with Crippen LogP contribution in [-0.4, -0.2) is 181 Å². The van der Waals surface area contributed by atoms with Crippen LogP contribution in [0.4, 0.5) is 16.6 Å². The highest BCUT2D eigenvalue weighted by atomic mass is 16.6. The van der Waals surface area contributed by atoms with E-state index in [1.165, 1.54) is 206 Å². The highest BCUT2D eigenvalue weighted by Crippen LogP contribution is 2.45. The van der Waals surface area contributed by atoms with Gasteiger partial charge >= 0.3 is 6.09 Å². The second-order valence-corrected chi connectivity index (χ2v) is 51.0. The first kappa shape index (κ1) is 141. The number of nitrogens with one attached hydrogen (secondary N) is 6. The molecule has 0 atom stereocenters. The number of rotatable bonds is 34. The van der Waals surface area contributed by atoms with E-state index >= 15 is 0 Å². The van der Waals surface area contributed by atoms with Gasteiger partial charge in [0.05, 0.1) is 18.8 Å². The molecule has 1 aromatic rings. The number of amides is 2. The van der Waals surface area contributed by atoms with Gasteiger partial charge in [0.15, 0.2) is 0 Å². The topological polar surface area (TPSA) is 207 Å². The summed E-state index contributed by atoms with van der Waals surface area (Å²) in [6.07, 6.45) is 43.1. The minimum Gasteiger partial charge on any atom is -0.444 e. The van der Waals surface area contributed by atoms with E-state index in [2.05, 4.69) is 282 Å². The molecular formula is C118H248N12O5. The van der Waals surface area contributed by atoms with Crippen LogP contribution in [0.25, 0.3) is 0 Å². The monoisotopic (exact) mass is 1910 g/mol. The maximum Gasteiger partial charge on any atom is 0.410 e. The minimum absolute atomic E-state index is 0. The Bertz CT molecular complexity index is 2770. The molecule has 17 nitrogen and oxygen atoms in total. The van der Waals surface area contributed by atoms with E-state index in [1.807, 2.05) is 52.5 Å². The molecule has 810 valence electrons. The molecule has 0 bridgehead atoms. The van der Waals surface area contributed by atoms with Gasteiger partial charge in [0.1, 0.15) is 11.4 Å². The van der Waals surface area contributed by atoms with Gasteiger partial charge in [0.2, 0.25) is 11.9 Å². The van der Waals surface area contributed by atoms with Crippen LogP contribution in [0.3, 0.4) is 0 Å². The summed E-state index contributed by atoms with van der Waals surface area (Å²) in [7, 11) is 2.19. The van der Waals surface area contributed by atoms with Gasteiger partial charge in [-0.2, -0.15) is 4.98 Å². The van der Waals surface area contributed by atoms with Gasteiger partial charge in [-0.15, -0.1) is 0 Å².